The Balaban J connectivity index is 1.35. The van der Waals surface area contributed by atoms with Gasteiger partial charge in [-0.2, -0.15) is 0 Å². The van der Waals surface area contributed by atoms with Crippen LogP contribution in [0.2, 0.25) is 0 Å². The monoisotopic (exact) mass is 492 g/mol. The van der Waals surface area contributed by atoms with Gasteiger partial charge in [-0.15, -0.1) is 0 Å². The van der Waals surface area contributed by atoms with Crippen LogP contribution in [0.25, 0.3) is 10.9 Å². The normalized spacial score (nSPS) is 29.1. The zero-order chi connectivity index (χ0) is 24.9. The van der Waals surface area contributed by atoms with Crippen molar-refractivity contribution in [3.8, 4) is 11.5 Å². The van der Waals surface area contributed by atoms with E-state index in [1.54, 1.807) is 0 Å². The van der Waals surface area contributed by atoms with Crippen LogP contribution in [0.15, 0.2) is 66.7 Å². The number of piperidine rings is 1. The summed E-state index contributed by atoms with van der Waals surface area (Å²) in [6.45, 7) is 2.00. The van der Waals surface area contributed by atoms with Crippen LogP contribution in [0.3, 0.4) is 0 Å². The van der Waals surface area contributed by atoms with Crippen molar-refractivity contribution in [1.29, 1.82) is 0 Å². The number of hydrogen-bond donors (Lipinski definition) is 1. The minimum atomic E-state index is -0.435. The molecule has 3 aromatic carbocycles. The maximum Gasteiger partial charge on any atom is 0.166 e. The Morgan fingerprint density at radius 3 is 2.70 bits per heavy atom. The number of ether oxygens (including phenoxy) is 2. The lowest BCUT2D eigenvalue weighted by molar-refractivity contribution is -0.190. The molecule has 2 bridgehead atoms. The van der Waals surface area contributed by atoms with E-state index in [1.807, 2.05) is 13.2 Å². The van der Waals surface area contributed by atoms with Gasteiger partial charge in [0, 0.05) is 49.6 Å². The number of phenolic OH excluding ortho intramolecular Hbond substituents is 1. The first-order chi connectivity index (χ1) is 18.1. The second kappa shape index (κ2) is 7.40. The Kier molecular flexibility index (Phi) is 4.35. The molecule has 4 aliphatic rings. The molecule has 0 amide bonds. The van der Waals surface area contributed by atoms with Gasteiger partial charge in [-0.25, -0.2) is 0 Å². The molecule has 1 aromatic heterocycles. The summed E-state index contributed by atoms with van der Waals surface area (Å²) in [7, 11) is 4.08. The zero-order valence-electron chi connectivity index (χ0n) is 21.4. The topological polar surface area (TPSA) is 46.9 Å². The maximum absolute atomic E-state index is 11.0. The summed E-state index contributed by atoms with van der Waals surface area (Å²) >= 11 is 0. The molecule has 0 unspecified atom stereocenters. The predicted octanol–water partition coefficient (Wildman–Crippen LogP) is 5.07. The molecule has 3 heterocycles. The third kappa shape index (κ3) is 2.52. The lowest BCUT2D eigenvalue weighted by atomic mass is 9.48. The van der Waals surface area contributed by atoms with Gasteiger partial charge in [-0.1, -0.05) is 54.6 Å². The highest BCUT2D eigenvalue weighted by Crippen LogP contribution is 2.70. The Morgan fingerprint density at radius 2 is 1.86 bits per heavy atom. The molecular weight excluding hydrogens is 460 g/mol. The van der Waals surface area contributed by atoms with Crippen molar-refractivity contribution < 1.29 is 14.6 Å². The first-order valence-corrected chi connectivity index (χ1v) is 13.5. The average molecular weight is 493 g/mol. The molecular formula is C32H32N2O3. The minimum Gasteiger partial charge on any atom is -0.504 e. The molecule has 4 atom stereocenters. The number of phenols is 1. The van der Waals surface area contributed by atoms with Crippen LogP contribution in [-0.4, -0.2) is 46.4 Å². The highest BCUT2D eigenvalue weighted by atomic mass is 16.5. The van der Waals surface area contributed by atoms with Crippen molar-refractivity contribution in [2.75, 3.05) is 20.2 Å². The molecule has 0 radical (unpaired) electrons. The van der Waals surface area contributed by atoms with Gasteiger partial charge in [0.05, 0.1) is 11.1 Å². The predicted molar refractivity (Wildman–Crippen MR) is 143 cm³/mol. The van der Waals surface area contributed by atoms with Gasteiger partial charge in [0.1, 0.15) is 5.60 Å². The van der Waals surface area contributed by atoms with E-state index in [2.05, 4.69) is 77.2 Å². The van der Waals surface area contributed by atoms with Gasteiger partial charge in [0.25, 0.3) is 0 Å². The van der Waals surface area contributed by atoms with E-state index in [9.17, 15) is 5.11 Å². The highest BCUT2D eigenvalue weighted by molar-refractivity contribution is 5.87. The number of nitrogens with zero attached hydrogens (tertiary/aromatic N) is 2. The molecule has 1 fully saturated rings. The molecule has 4 aromatic rings. The first kappa shape index (κ1) is 21.8. The van der Waals surface area contributed by atoms with Crippen LogP contribution in [0, 0.1) is 0 Å². The van der Waals surface area contributed by atoms with Crippen molar-refractivity contribution in [2.24, 2.45) is 7.05 Å². The maximum atomic E-state index is 11.0. The van der Waals surface area contributed by atoms with E-state index in [0.29, 0.717) is 5.75 Å². The number of aryl methyl sites for hydroxylation is 1. The Bertz CT molecular complexity index is 1560. The smallest absolute Gasteiger partial charge is 0.166 e. The summed E-state index contributed by atoms with van der Waals surface area (Å²) in [5, 5.41) is 12.3. The number of hydrogen-bond acceptors (Lipinski definition) is 4. The summed E-state index contributed by atoms with van der Waals surface area (Å²) < 4.78 is 16.0. The first-order valence-electron chi connectivity index (χ1n) is 13.5. The van der Waals surface area contributed by atoms with Crippen molar-refractivity contribution in [3.63, 3.8) is 0 Å². The van der Waals surface area contributed by atoms with Gasteiger partial charge in [0.2, 0.25) is 0 Å². The molecule has 188 valence electrons. The second-order valence-corrected chi connectivity index (χ2v) is 11.4. The van der Waals surface area contributed by atoms with Gasteiger partial charge in [-0.05, 0) is 54.6 Å². The van der Waals surface area contributed by atoms with Gasteiger partial charge < -0.3 is 19.1 Å². The third-order valence-electron chi connectivity index (χ3n) is 10.1. The number of fused-ring (bicyclic) bond motifs is 4. The van der Waals surface area contributed by atoms with Crippen LogP contribution >= 0.6 is 0 Å². The van der Waals surface area contributed by atoms with Gasteiger partial charge in [0.15, 0.2) is 17.6 Å². The number of para-hydroxylation sites is 1. The molecule has 1 N–H and O–H groups in total. The summed E-state index contributed by atoms with van der Waals surface area (Å²) in [4.78, 5) is 2.68. The molecule has 1 saturated heterocycles. The highest BCUT2D eigenvalue weighted by Gasteiger charge is 2.73. The van der Waals surface area contributed by atoms with Crippen molar-refractivity contribution in [3.05, 3.63) is 94.7 Å². The SMILES string of the molecule is CO[C@@]12Cc3c(n(C)c4ccccc34)[C@@H]3Oc4c(O)ccc5c4[C@@]31CCN(CCc1ccccc1)[C@@H]2C5. The van der Waals surface area contributed by atoms with Crippen molar-refractivity contribution in [2.45, 2.75) is 48.8 Å². The lowest BCUT2D eigenvalue weighted by Gasteiger charge is -2.64. The number of rotatable bonds is 4. The van der Waals surface area contributed by atoms with E-state index in [-0.39, 0.29) is 23.3 Å². The zero-order valence-corrected chi connectivity index (χ0v) is 21.4. The Hall–Kier alpha value is -3.28. The molecule has 0 saturated carbocycles. The second-order valence-electron chi connectivity index (χ2n) is 11.4. The fourth-order valence-electron chi connectivity index (χ4n) is 8.63. The van der Waals surface area contributed by atoms with Crippen LogP contribution in [0.4, 0.5) is 0 Å². The summed E-state index contributed by atoms with van der Waals surface area (Å²) in [6.07, 6.45) is 3.54. The quantitative estimate of drug-likeness (QED) is 0.432. The number of benzene rings is 3. The molecule has 5 heteroatoms. The van der Waals surface area contributed by atoms with Crippen LogP contribution in [0.1, 0.15) is 40.5 Å². The largest absolute Gasteiger partial charge is 0.504 e. The fraction of sp³-hybridized carbons (Fsp3) is 0.375. The molecule has 2 aliphatic heterocycles. The van der Waals surface area contributed by atoms with Crippen LogP contribution in [-0.2, 0) is 36.5 Å². The van der Waals surface area contributed by atoms with E-state index >= 15 is 0 Å². The van der Waals surface area contributed by atoms with Crippen LogP contribution < -0.4 is 4.74 Å². The average Bonchev–Trinajstić information content (AvgIpc) is 3.42. The standard InChI is InChI=1S/C32H32N2O3/c1-33-24-11-7-6-10-22(24)23-19-32(36-2)26-18-21-12-13-25(35)29-27(21)31(32,30(37-29)28(23)33)15-17-34(26)16-14-20-8-4-3-5-9-20/h3-13,26,30,35H,14-19H2,1-2H3/t26-,30+,31+,32-/m1/s1. The molecule has 5 nitrogen and oxygen atoms in total. The van der Waals surface area contributed by atoms with Gasteiger partial charge >= 0.3 is 0 Å². The Morgan fingerprint density at radius 1 is 1.05 bits per heavy atom. The van der Waals surface area contributed by atoms with E-state index in [0.717, 1.165) is 38.8 Å². The summed E-state index contributed by atoms with van der Waals surface area (Å²) in [5.74, 6) is 0.927. The van der Waals surface area contributed by atoms with Crippen LogP contribution in [0.5, 0.6) is 11.5 Å². The molecule has 2 aliphatic carbocycles. The number of aromatic hydroxyl groups is 1. The summed E-state index contributed by atoms with van der Waals surface area (Å²) in [5.41, 5.74) is 6.93. The minimum absolute atomic E-state index is 0.185. The molecule has 8 rings (SSSR count). The van der Waals surface area contributed by atoms with E-state index in [1.165, 1.54) is 38.9 Å². The molecule has 1 spiro atoms. The van der Waals surface area contributed by atoms with Crippen molar-refractivity contribution >= 4 is 10.9 Å². The number of methoxy groups -OCH3 is 1. The Labute approximate surface area is 217 Å². The summed E-state index contributed by atoms with van der Waals surface area (Å²) in [6, 6.07) is 23.7. The molecule has 37 heavy (non-hydrogen) atoms. The third-order valence-corrected chi connectivity index (χ3v) is 10.1. The van der Waals surface area contributed by atoms with E-state index < -0.39 is 5.60 Å². The number of aromatic nitrogens is 1. The van der Waals surface area contributed by atoms with Crippen molar-refractivity contribution in [1.82, 2.24) is 9.47 Å². The van der Waals surface area contributed by atoms with E-state index in [4.69, 9.17) is 9.47 Å². The lowest BCUT2D eigenvalue weighted by Crippen LogP contribution is -2.75. The van der Waals surface area contributed by atoms with Gasteiger partial charge in [-0.3, -0.25) is 4.90 Å². The number of likely N-dealkylation sites (tertiary alicyclic amines) is 1. The fourth-order valence-corrected chi connectivity index (χ4v) is 8.63.